The number of rotatable bonds is 6. The molecule has 2 aromatic carbocycles. The quantitative estimate of drug-likeness (QED) is 0.646. The topological polar surface area (TPSA) is 12.0 Å². The van der Waals surface area contributed by atoms with Crippen molar-refractivity contribution in [1.29, 1.82) is 0 Å². The summed E-state index contributed by atoms with van der Waals surface area (Å²) in [7, 11) is 0. The molecule has 1 nitrogen and oxygen atoms in total. The van der Waals surface area contributed by atoms with Gasteiger partial charge >= 0.3 is 6.18 Å². The number of anilines is 1. The summed E-state index contributed by atoms with van der Waals surface area (Å²) < 4.78 is 37.8. The highest BCUT2D eigenvalue weighted by Gasteiger charge is 2.29. The van der Waals surface area contributed by atoms with Crippen LogP contribution in [0.4, 0.5) is 18.9 Å². The van der Waals surface area contributed by atoms with E-state index in [2.05, 4.69) is 5.32 Å². The minimum absolute atomic E-state index is 0.615. The SMILES string of the molecule is FC(F)(F)c1ccc(-c2cccc(NCCCC3CC3)c2)cc1. The molecule has 1 saturated carbocycles. The molecule has 0 unspecified atom stereocenters. The smallest absolute Gasteiger partial charge is 0.385 e. The van der Waals surface area contributed by atoms with Crippen molar-refractivity contribution in [3.63, 3.8) is 0 Å². The van der Waals surface area contributed by atoms with Crippen LogP contribution in [-0.2, 0) is 6.18 Å². The van der Waals surface area contributed by atoms with E-state index in [-0.39, 0.29) is 0 Å². The highest BCUT2D eigenvalue weighted by Crippen LogP contribution is 2.33. The molecule has 4 heteroatoms. The van der Waals surface area contributed by atoms with E-state index >= 15 is 0 Å². The van der Waals surface area contributed by atoms with E-state index in [4.69, 9.17) is 0 Å². The summed E-state index contributed by atoms with van der Waals surface area (Å²) in [5, 5.41) is 3.39. The summed E-state index contributed by atoms with van der Waals surface area (Å²) in [4.78, 5) is 0. The van der Waals surface area contributed by atoms with Crippen molar-refractivity contribution in [3.8, 4) is 11.1 Å². The summed E-state index contributed by atoms with van der Waals surface area (Å²) >= 11 is 0. The lowest BCUT2D eigenvalue weighted by Crippen LogP contribution is -2.04. The van der Waals surface area contributed by atoms with Gasteiger partial charge in [-0.3, -0.25) is 0 Å². The first kappa shape index (κ1) is 15.9. The normalized spacial score (nSPS) is 14.7. The van der Waals surface area contributed by atoms with Crippen LogP contribution in [0.2, 0.25) is 0 Å². The molecule has 1 aliphatic rings. The van der Waals surface area contributed by atoms with Gasteiger partial charge in [-0.05, 0) is 54.2 Å². The van der Waals surface area contributed by atoms with Crippen molar-refractivity contribution >= 4 is 5.69 Å². The van der Waals surface area contributed by atoms with Gasteiger partial charge in [0.25, 0.3) is 0 Å². The van der Waals surface area contributed by atoms with Crippen LogP contribution in [0.15, 0.2) is 48.5 Å². The Morgan fingerprint density at radius 2 is 1.70 bits per heavy atom. The van der Waals surface area contributed by atoms with Crippen molar-refractivity contribution in [2.24, 2.45) is 5.92 Å². The van der Waals surface area contributed by atoms with Crippen LogP contribution in [0.25, 0.3) is 11.1 Å². The molecular weight excluding hydrogens is 299 g/mol. The summed E-state index contributed by atoms with van der Waals surface area (Å²) in [6.07, 6.45) is 0.914. The Bertz CT molecular complexity index is 642. The molecular formula is C19H20F3N. The van der Waals surface area contributed by atoms with Gasteiger partial charge in [0, 0.05) is 12.2 Å². The maximum Gasteiger partial charge on any atom is 0.416 e. The molecule has 1 fully saturated rings. The van der Waals surface area contributed by atoms with Crippen LogP contribution in [0.1, 0.15) is 31.2 Å². The minimum Gasteiger partial charge on any atom is -0.385 e. The van der Waals surface area contributed by atoms with Crippen molar-refractivity contribution in [1.82, 2.24) is 0 Å². The number of hydrogen-bond donors (Lipinski definition) is 1. The molecule has 0 aromatic heterocycles. The van der Waals surface area contributed by atoms with Gasteiger partial charge in [-0.1, -0.05) is 37.1 Å². The van der Waals surface area contributed by atoms with Gasteiger partial charge in [-0.25, -0.2) is 0 Å². The van der Waals surface area contributed by atoms with Gasteiger partial charge in [-0.15, -0.1) is 0 Å². The molecule has 3 rings (SSSR count). The fraction of sp³-hybridized carbons (Fsp3) is 0.368. The minimum atomic E-state index is -4.29. The van der Waals surface area contributed by atoms with Crippen molar-refractivity contribution in [2.75, 3.05) is 11.9 Å². The van der Waals surface area contributed by atoms with Crippen LogP contribution in [-0.4, -0.2) is 6.54 Å². The molecule has 23 heavy (non-hydrogen) atoms. The predicted octanol–water partition coefficient (Wildman–Crippen LogP) is 5.97. The Kier molecular flexibility index (Phi) is 4.60. The zero-order valence-corrected chi connectivity index (χ0v) is 12.9. The van der Waals surface area contributed by atoms with Gasteiger partial charge in [0.15, 0.2) is 0 Å². The molecule has 2 aromatic rings. The largest absolute Gasteiger partial charge is 0.416 e. The second-order valence-corrected chi connectivity index (χ2v) is 6.17. The fourth-order valence-electron chi connectivity index (χ4n) is 2.69. The van der Waals surface area contributed by atoms with E-state index in [1.807, 2.05) is 24.3 Å². The third kappa shape index (κ3) is 4.50. The Hall–Kier alpha value is -1.97. The summed E-state index contributed by atoms with van der Waals surface area (Å²) in [6, 6.07) is 13.1. The maximum absolute atomic E-state index is 12.6. The average molecular weight is 319 g/mol. The first-order chi connectivity index (χ1) is 11.0. The number of halogens is 3. The molecule has 0 amide bonds. The number of benzene rings is 2. The van der Waals surface area contributed by atoms with E-state index in [9.17, 15) is 13.2 Å². The number of hydrogen-bond acceptors (Lipinski definition) is 1. The van der Waals surface area contributed by atoms with Crippen LogP contribution < -0.4 is 5.32 Å². The third-order valence-corrected chi connectivity index (χ3v) is 4.22. The van der Waals surface area contributed by atoms with Crippen molar-refractivity contribution < 1.29 is 13.2 Å². The van der Waals surface area contributed by atoms with Crippen LogP contribution in [0.3, 0.4) is 0 Å². The molecule has 1 aliphatic carbocycles. The van der Waals surface area contributed by atoms with E-state index in [0.29, 0.717) is 0 Å². The van der Waals surface area contributed by atoms with Gasteiger partial charge in [0.1, 0.15) is 0 Å². The maximum atomic E-state index is 12.6. The summed E-state index contributed by atoms with van der Waals surface area (Å²) in [6.45, 7) is 0.937. The molecule has 122 valence electrons. The Morgan fingerprint density at radius 1 is 0.957 bits per heavy atom. The second-order valence-electron chi connectivity index (χ2n) is 6.17. The zero-order valence-electron chi connectivity index (χ0n) is 12.9. The second kappa shape index (κ2) is 6.65. The monoisotopic (exact) mass is 319 g/mol. The number of alkyl halides is 3. The van der Waals surface area contributed by atoms with Crippen LogP contribution >= 0.6 is 0 Å². The van der Waals surface area contributed by atoms with Crippen LogP contribution in [0, 0.1) is 5.92 Å². The Morgan fingerprint density at radius 3 is 2.35 bits per heavy atom. The van der Waals surface area contributed by atoms with Crippen LogP contribution in [0.5, 0.6) is 0 Å². The van der Waals surface area contributed by atoms with E-state index in [1.54, 1.807) is 0 Å². The molecule has 0 bridgehead atoms. The molecule has 0 spiro atoms. The summed E-state index contributed by atoms with van der Waals surface area (Å²) in [5.41, 5.74) is 2.11. The van der Waals surface area contributed by atoms with Crippen molar-refractivity contribution in [3.05, 3.63) is 54.1 Å². The lowest BCUT2D eigenvalue weighted by Gasteiger charge is -2.10. The average Bonchev–Trinajstić information content (AvgIpc) is 3.36. The van der Waals surface area contributed by atoms with Gasteiger partial charge in [0.05, 0.1) is 5.56 Å². The summed E-state index contributed by atoms with van der Waals surface area (Å²) in [5.74, 6) is 0.940. The van der Waals surface area contributed by atoms with E-state index < -0.39 is 11.7 Å². The van der Waals surface area contributed by atoms with Gasteiger partial charge in [-0.2, -0.15) is 13.2 Å². The lowest BCUT2D eigenvalue weighted by atomic mass is 10.0. The Labute approximate surface area is 134 Å². The van der Waals surface area contributed by atoms with E-state index in [1.165, 1.54) is 31.4 Å². The highest BCUT2D eigenvalue weighted by atomic mass is 19.4. The highest BCUT2D eigenvalue weighted by molar-refractivity contribution is 5.68. The lowest BCUT2D eigenvalue weighted by molar-refractivity contribution is -0.137. The fourth-order valence-corrected chi connectivity index (χ4v) is 2.69. The zero-order chi connectivity index (χ0) is 16.3. The molecule has 0 saturated heterocycles. The predicted molar refractivity (Wildman–Crippen MR) is 87.3 cm³/mol. The number of nitrogens with one attached hydrogen (secondary N) is 1. The standard InChI is InChI=1S/C19H20F3N/c20-19(21,22)17-10-8-15(9-11-17)16-4-1-5-18(13-16)23-12-2-3-14-6-7-14/h1,4-5,8-11,13-14,23H,2-3,6-7,12H2. The molecule has 0 radical (unpaired) electrons. The van der Waals surface area contributed by atoms with Crippen molar-refractivity contribution in [2.45, 2.75) is 31.9 Å². The molecule has 0 aliphatic heterocycles. The molecule has 1 N–H and O–H groups in total. The third-order valence-electron chi connectivity index (χ3n) is 4.22. The first-order valence-corrected chi connectivity index (χ1v) is 8.04. The molecule has 0 heterocycles. The first-order valence-electron chi connectivity index (χ1n) is 8.04. The molecule has 0 atom stereocenters. The Balaban J connectivity index is 1.63. The van der Waals surface area contributed by atoms with E-state index in [0.717, 1.165) is 47.8 Å². The van der Waals surface area contributed by atoms with Gasteiger partial charge < -0.3 is 5.32 Å². The van der Waals surface area contributed by atoms with Gasteiger partial charge in [0.2, 0.25) is 0 Å².